The lowest BCUT2D eigenvalue weighted by atomic mass is 10.0. The van der Waals surface area contributed by atoms with Gasteiger partial charge in [0.05, 0.1) is 18.3 Å². The van der Waals surface area contributed by atoms with Gasteiger partial charge in [0.1, 0.15) is 18.4 Å². The SMILES string of the molecule is CCN1c2ccc3c(c2OC[C@H]1C)CN(C1CCC(=O)NC1=O)C3=O. The van der Waals surface area contributed by atoms with Crippen LogP contribution in [0.2, 0.25) is 0 Å². The molecular formula is C18H21N3O4. The van der Waals surface area contributed by atoms with Crippen molar-refractivity contribution < 1.29 is 19.1 Å². The molecule has 0 spiro atoms. The molecule has 7 nitrogen and oxygen atoms in total. The lowest BCUT2D eigenvalue weighted by molar-refractivity contribution is -0.136. The van der Waals surface area contributed by atoms with Crippen molar-refractivity contribution in [2.75, 3.05) is 18.1 Å². The molecule has 3 amide bonds. The van der Waals surface area contributed by atoms with Crippen molar-refractivity contribution in [1.82, 2.24) is 10.2 Å². The number of ether oxygens (including phenoxy) is 1. The van der Waals surface area contributed by atoms with E-state index in [0.29, 0.717) is 25.1 Å². The number of anilines is 1. The van der Waals surface area contributed by atoms with Crippen LogP contribution in [-0.4, -0.2) is 47.9 Å². The summed E-state index contributed by atoms with van der Waals surface area (Å²) >= 11 is 0. The number of carbonyl (C=O) groups excluding carboxylic acids is 3. The Morgan fingerprint density at radius 3 is 2.80 bits per heavy atom. The van der Waals surface area contributed by atoms with E-state index in [-0.39, 0.29) is 24.3 Å². The van der Waals surface area contributed by atoms with Crippen LogP contribution in [0.4, 0.5) is 5.69 Å². The molecular weight excluding hydrogens is 322 g/mol. The third kappa shape index (κ3) is 2.37. The zero-order valence-corrected chi connectivity index (χ0v) is 14.4. The summed E-state index contributed by atoms with van der Waals surface area (Å²) in [6, 6.07) is 3.43. The average molecular weight is 343 g/mol. The summed E-state index contributed by atoms with van der Waals surface area (Å²) in [6.45, 7) is 5.99. The zero-order valence-electron chi connectivity index (χ0n) is 14.4. The Labute approximate surface area is 145 Å². The molecule has 3 heterocycles. The molecule has 1 fully saturated rings. The first kappa shape index (κ1) is 15.9. The van der Waals surface area contributed by atoms with E-state index in [1.807, 2.05) is 12.1 Å². The number of rotatable bonds is 2. The molecule has 0 aliphatic carbocycles. The number of likely N-dealkylation sites (N-methyl/N-ethyl adjacent to an activating group) is 1. The minimum atomic E-state index is -0.599. The van der Waals surface area contributed by atoms with Crippen LogP contribution in [-0.2, 0) is 16.1 Å². The minimum Gasteiger partial charge on any atom is -0.489 e. The minimum absolute atomic E-state index is 0.169. The molecule has 3 aliphatic heterocycles. The van der Waals surface area contributed by atoms with E-state index in [1.165, 1.54) is 0 Å². The highest BCUT2D eigenvalue weighted by Gasteiger charge is 2.41. The molecule has 1 saturated heterocycles. The van der Waals surface area contributed by atoms with E-state index in [4.69, 9.17) is 4.74 Å². The number of benzene rings is 1. The molecule has 1 aromatic rings. The van der Waals surface area contributed by atoms with Gasteiger partial charge in [-0.2, -0.15) is 0 Å². The second-order valence-electron chi connectivity index (χ2n) is 6.79. The maximum absolute atomic E-state index is 12.8. The summed E-state index contributed by atoms with van der Waals surface area (Å²) in [5.41, 5.74) is 2.43. The van der Waals surface area contributed by atoms with Crippen LogP contribution < -0.4 is 15.0 Å². The molecule has 0 aromatic heterocycles. The monoisotopic (exact) mass is 343 g/mol. The first-order chi connectivity index (χ1) is 12.0. The molecule has 25 heavy (non-hydrogen) atoms. The van der Waals surface area contributed by atoms with Crippen molar-refractivity contribution >= 4 is 23.4 Å². The van der Waals surface area contributed by atoms with Crippen LogP contribution in [0.3, 0.4) is 0 Å². The fourth-order valence-corrected chi connectivity index (χ4v) is 4.00. The Balaban J connectivity index is 1.68. The summed E-state index contributed by atoms with van der Waals surface area (Å²) < 4.78 is 5.96. The number of hydrogen-bond donors (Lipinski definition) is 1. The Bertz CT molecular complexity index is 776. The smallest absolute Gasteiger partial charge is 0.255 e. The topological polar surface area (TPSA) is 79.0 Å². The van der Waals surface area contributed by atoms with Crippen LogP contribution in [0.5, 0.6) is 5.75 Å². The van der Waals surface area contributed by atoms with E-state index in [1.54, 1.807) is 4.90 Å². The van der Waals surface area contributed by atoms with Gasteiger partial charge in [0.15, 0.2) is 0 Å². The summed E-state index contributed by atoms with van der Waals surface area (Å²) in [5.74, 6) is -0.0899. The lowest BCUT2D eigenvalue weighted by Gasteiger charge is -2.37. The van der Waals surface area contributed by atoms with Gasteiger partial charge in [0, 0.05) is 24.1 Å². The number of nitrogens with one attached hydrogen (secondary N) is 1. The molecule has 1 unspecified atom stereocenters. The normalized spacial score (nSPS) is 25.4. The van der Waals surface area contributed by atoms with Crippen molar-refractivity contribution in [3.63, 3.8) is 0 Å². The van der Waals surface area contributed by atoms with Gasteiger partial charge in [0.25, 0.3) is 5.91 Å². The van der Waals surface area contributed by atoms with Gasteiger partial charge in [-0.3, -0.25) is 19.7 Å². The predicted octanol–water partition coefficient (Wildman–Crippen LogP) is 1.05. The van der Waals surface area contributed by atoms with E-state index in [2.05, 4.69) is 24.1 Å². The fraction of sp³-hybridized carbons (Fsp3) is 0.500. The van der Waals surface area contributed by atoms with E-state index < -0.39 is 11.9 Å². The molecule has 0 bridgehead atoms. The highest BCUT2D eigenvalue weighted by Crippen LogP contribution is 2.42. The standard InChI is InChI=1S/C18H21N3O4/c1-3-20-10(2)9-25-16-12-8-21(14-6-7-15(22)19-17(14)23)18(24)11(12)4-5-13(16)20/h4-5,10,14H,3,6-9H2,1-2H3,(H,19,22,23)/t10-,14?/m1/s1. The van der Waals surface area contributed by atoms with Crippen LogP contribution in [0.25, 0.3) is 0 Å². The van der Waals surface area contributed by atoms with Gasteiger partial charge < -0.3 is 14.5 Å². The van der Waals surface area contributed by atoms with E-state index >= 15 is 0 Å². The molecule has 4 rings (SSSR count). The quantitative estimate of drug-likeness (QED) is 0.812. The Morgan fingerprint density at radius 1 is 1.28 bits per heavy atom. The van der Waals surface area contributed by atoms with Gasteiger partial charge in [-0.25, -0.2) is 0 Å². The first-order valence-corrected chi connectivity index (χ1v) is 8.71. The summed E-state index contributed by atoms with van der Waals surface area (Å²) in [5, 5.41) is 2.33. The molecule has 3 aliphatic rings. The van der Waals surface area contributed by atoms with Gasteiger partial charge in [-0.1, -0.05) is 0 Å². The maximum atomic E-state index is 12.8. The molecule has 0 radical (unpaired) electrons. The summed E-state index contributed by atoms with van der Waals surface area (Å²) in [6.07, 6.45) is 0.623. The molecule has 2 atom stereocenters. The van der Waals surface area contributed by atoms with Crippen LogP contribution in [0, 0.1) is 0 Å². The van der Waals surface area contributed by atoms with Crippen LogP contribution >= 0.6 is 0 Å². The van der Waals surface area contributed by atoms with Crippen molar-refractivity contribution in [3.05, 3.63) is 23.3 Å². The number of carbonyl (C=O) groups is 3. The number of hydrogen-bond acceptors (Lipinski definition) is 5. The second-order valence-corrected chi connectivity index (χ2v) is 6.79. The fourth-order valence-electron chi connectivity index (χ4n) is 4.00. The van der Waals surface area contributed by atoms with Gasteiger partial charge in [-0.15, -0.1) is 0 Å². The number of amides is 3. The summed E-state index contributed by atoms with van der Waals surface area (Å²) in [7, 11) is 0. The molecule has 132 valence electrons. The van der Waals surface area contributed by atoms with E-state index in [0.717, 1.165) is 23.5 Å². The van der Waals surface area contributed by atoms with Crippen molar-refractivity contribution in [2.45, 2.75) is 45.3 Å². The zero-order chi connectivity index (χ0) is 17.7. The maximum Gasteiger partial charge on any atom is 0.255 e. The Hall–Kier alpha value is -2.57. The van der Waals surface area contributed by atoms with Crippen LogP contribution in [0.15, 0.2) is 12.1 Å². The number of nitrogens with zero attached hydrogens (tertiary/aromatic N) is 2. The molecule has 1 aromatic carbocycles. The Kier molecular flexibility index (Phi) is 3.67. The van der Waals surface area contributed by atoms with Crippen molar-refractivity contribution in [3.8, 4) is 5.75 Å². The van der Waals surface area contributed by atoms with Crippen molar-refractivity contribution in [1.29, 1.82) is 0 Å². The van der Waals surface area contributed by atoms with Crippen molar-refractivity contribution in [2.24, 2.45) is 0 Å². The third-order valence-corrected chi connectivity index (χ3v) is 5.30. The third-order valence-electron chi connectivity index (χ3n) is 5.30. The molecule has 7 heteroatoms. The molecule has 1 N–H and O–H groups in total. The number of fused-ring (bicyclic) bond motifs is 3. The largest absolute Gasteiger partial charge is 0.489 e. The highest BCUT2D eigenvalue weighted by atomic mass is 16.5. The first-order valence-electron chi connectivity index (χ1n) is 8.71. The number of imide groups is 1. The lowest BCUT2D eigenvalue weighted by Crippen LogP contribution is -2.52. The van der Waals surface area contributed by atoms with Gasteiger partial charge >= 0.3 is 0 Å². The van der Waals surface area contributed by atoms with Gasteiger partial charge in [-0.05, 0) is 32.4 Å². The van der Waals surface area contributed by atoms with Crippen LogP contribution in [0.1, 0.15) is 42.6 Å². The number of piperidine rings is 1. The highest BCUT2D eigenvalue weighted by molar-refractivity contribution is 6.06. The predicted molar refractivity (Wildman–Crippen MR) is 90.5 cm³/mol. The average Bonchev–Trinajstić information content (AvgIpc) is 2.92. The second kappa shape index (κ2) is 5.75. The van der Waals surface area contributed by atoms with E-state index in [9.17, 15) is 14.4 Å². The Morgan fingerprint density at radius 2 is 2.08 bits per heavy atom. The molecule has 0 saturated carbocycles. The summed E-state index contributed by atoms with van der Waals surface area (Å²) in [4.78, 5) is 40.2. The van der Waals surface area contributed by atoms with Gasteiger partial charge in [0.2, 0.25) is 11.8 Å².